The summed E-state index contributed by atoms with van der Waals surface area (Å²) in [6, 6.07) is 0.592. The van der Waals surface area contributed by atoms with Gasteiger partial charge in [-0.05, 0) is 38.6 Å². The van der Waals surface area contributed by atoms with Gasteiger partial charge in [0.2, 0.25) is 0 Å². The minimum atomic E-state index is 0.510. The number of ether oxygens (including phenoxy) is 1. The molecule has 1 aliphatic rings. The van der Waals surface area contributed by atoms with Crippen molar-refractivity contribution >= 4 is 11.6 Å². The van der Waals surface area contributed by atoms with Crippen molar-refractivity contribution in [1.82, 2.24) is 5.32 Å². The van der Waals surface area contributed by atoms with E-state index in [-0.39, 0.29) is 0 Å². The van der Waals surface area contributed by atoms with Crippen molar-refractivity contribution in [3.63, 3.8) is 0 Å². The first-order chi connectivity index (χ1) is 6.86. The molecule has 0 bridgehead atoms. The van der Waals surface area contributed by atoms with Crippen molar-refractivity contribution in [2.45, 2.75) is 51.2 Å². The molecule has 2 nitrogen and oxygen atoms in total. The molecule has 1 saturated heterocycles. The van der Waals surface area contributed by atoms with Gasteiger partial charge >= 0.3 is 0 Å². The van der Waals surface area contributed by atoms with Gasteiger partial charge in [0.15, 0.2) is 0 Å². The highest BCUT2D eigenvalue weighted by Gasteiger charge is 2.15. The molecule has 1 aliphatic heterocycles. The van der Waals surface area contributed by atoms with Crippen molar-refractivity contribution in [3.05, 3.63) is 0 Å². The Labute approximate surface area is 92.3 Å². The second-order valence-electron chi connectivity index (χ2n) is 3.96. The van der Waals surface area contributed by atoms with Crippen molar-refractivity contribution in [3.8, 4) is 0 Å². The predicted molar refractivity (Wildman–Crippen MR) is 61.0 cm³/mol. The Morgan fingerprint density at radius 3 is 3.00 bits per heavy atom. The predicted octanol–water partition coefficient (Wildman–Crippen LogP) is 2.55. The molecule has 0 saturated carbocycles. The van der Waals surface area contributed by atoms with Gasteiger partial charge in [-0.1, -0.05) is 6.92 Å². The lowest BCUT2D eigenvalue weighted by Gasteiger charge is -2.17. The van der Waals surface area contributed by atoms with E-state index in [1.165, 1.54) is 12.8 Å². The van der Waals surface area contributed by atoms with Gasteiger partial charge in [-0.25, -0.2) is 0 Å². The van der Waals surface area contributed by atoms with Gasteiger partial charge in [0.05, 0.1) is 6.10 Å². The molecule has 3 heteroatoms. The zero-order valence-electron chi connectivity index (χ0n) is 9.10. The molecule has 0 aromatic carbocycles. The van der Waals surface area contributed by atoms with Gasteiger partial charge in [-0.2, -0.15) is 0 Å². The maximum Gasteiger partial charge on any atom is 0.0588 e. The van der Waals surface area contributed by atoms with Crippen molar-refractivity contribution < 1.29 is 4.74 Å². The van der Waals surface area contributed by atoms with Crippen LogP contribution in [0.15, 0.2) is 0 Å². The number of hydrogen-bond donors (Lipinski definition) is 1. The first kappa shape index (κ1) is 12.3. The van der Waals surface area contributed by atoms with Gasteiger partial charge in [0.25, 0.3) is 0 Å². The fourth-order valence-corrected chi connectivity index (χ4v) is 2.17. The van der Waals surface area contributed by atoms with Crippen LogP contribution in [0.1, 0.15) is 39.0 Å². The number of alkyl halides is 1. The Morgan fingerprint density at radius 2 is 2.43 bits per heavy atom. The highest BCUT2D eigenvalue weighted by atomic mass is 35.5. The fourth-order valence-electron chi connectivity index (χ4n) is 1.90. The molecule has 0 aliphatic carbocycles. The third-order valence-corrected chi connectivity index (χ3v) is 3.09. The molecule has 0 aromatic heterocycles. The van der Waals surface area contributed by atoms with Crippen LogP contribution < -0.4 is 5.32 Å². The standard InChI is InChI=1S/C11H22ClNO/c1-2-10(5-7-12)13-8-6-11-4-3-9-14-11/h10-11,13H,2-9H2,1H3. The first-order valence-corrected chi connectivity index (χ1v) is 6.31. The van der Waals surface area contributed by atoms with Crippen LogP contribution in [0.3, 0.4) is 0 Å². The summed E-state index contributed by atoms with van der Waals surface area (Å²) in [4.78, 5) is 0. The second-order valence-corrected chi connectivity index (χ2v) is 4.34. The molecule has 2 atom stereocenters. The molecule has 0 spiro atoms. The zero-order chi connectivity index (χ0) is 10.2. The molecule has 1 N–H and O–H groups in total. The molecule has 14 heavy (non-hydrogen) atoms. The molecular weight excluding hydrogens is 198 g/mol. The smallest absolute Gasteiger partial charge is 0.0588 e. The summed E-state index contributed by atoms with van der Waals surface area (Å²) < 4.78 is 5.56. The van der Waals surface area contributed by atoms with Gasteiger partial charge in [-0.3, -0.25) is 0 Å². The van der Waals surface area contributed by atoms with E-state index in [1.807, 2.05) is 0 Å². The summed E-state index contributed by atoms with van der Waals surface area (Å²) in [5.41, 5.74) is 0. The summed E-state index contributed by atoms with van der Waals surface area (Å²) in [5.74, 6) is 0.755. The van der Waals surface area contributed by atoms with Crippen LogP contribution in [0.4, 0.5) is 0 Å². The molecule has 1 rings (SSSR count). The second kappa shape index (κ2) is 7.49. The van der Waals surface area contributed by atoms with Crippen molar-refractivity contribution in [2.24, 2.45) is 0 Å². The Hall–Kier alpha value is 0.210. The lowest BCUT2D eigenvalue weighted by Crippen LogP contribution is -2.31. The van der Waals surface area contributed by atoms with Crippen LogP contribution in [0.5, 0.6) is 0 Å². The molecule has 84 valence electrons. The lowest BCUT2D eigenvalue weighted by molar-refractivity contribution is 0.103. The monoisotopic (exact) mass is 219 g/mol. The average Bonchev–Trinajstić information content (AvgIpc) is 2.69. The van der Waals surface area contributed by atoms with E-state index in [2.05, 4.69) is 12.2 Å². The van der Waals surface area contributed by atoms with Crippen LogP contribution in [0, 0.1) is 0 Å². The first-order valence-electron chi connectivity index (χ1n) is 5.77. The average molecular weight is 220 g/mol. The summed E-state index contributed by atoms with van der Waals surface area (Å²) >= 11 is 5.72. The minimum absolute atomic E-state index is 0.510. The maximum atomic E-state index is 5.72. The van der Waals surface area contributed by atoms with Gasteiger partial charge < -0.3 is 10.1 Å². The number of hydrogen-bond acceptors (Lipinski definition) is 2. The van der Waals surface area contributed by atoms with Crippen LogP contribution in [0.2, 0.25) is 0 Å². The van der Waals surface area contributed by atoms with E-state index in [9.17, 15) is 0 Å². The Kier molecular flexibility index (Phi) is 6.57. The summed E-state index contributed by atoms with van der Waals surface area (Å²) in [6.45, 7) is 4.24. The van der Waals surface area contributed by atoms with Crippen LogP contribution in [-0.4, -0.2) is 31.2 Å². The summed E-state index contributed by atoms with van der Waals surface area (Å²) in [6.07, 6.45) is 6.38. The van der Waals surface area contributed by atoms with Crippen LogP contribution >= 0.6 is 11.6 Å². The Morgan fingerprint density at radius 1 is 1.57 bits per heavy atom. The Balaban J connectivity index is 2.00. The lowest BCUT2D eigenvalue weighted by atomic mass is 10.1. The van der Waals surface area contributed by atoms with E-state index in [0.29, 0.717) is 12.1 Å². The van der Waals surface area contributed by atoms with Gasteiger partial charge in [0.1, 0.15) is 0 Å². The van der Waals surface area contributed by atoms with Gasteiger partial charge in [0, 0.05) is 18.5 Å². The number of rotatable bonds is 7. The van der Waals surface area contributed by atoms with Crippen molar-refractivity contribution in [2.75, 3.05) is 19.0 Å². The van der Waals surface area contributed by atoms with E-state index < -0.39 is 0 Å². The molecule has 2 unspecified atom stereocenters. The van der Waals surface area contributed by atoms with Gasteiger partial charge in [-0.15, -0.1) is 11.6 Å². The van der Waals surface area contributed by atoms with E-state index in [0.717, 1.165) is 38.3 Å². The van der Waals surface area contributed by atoms with Crippen LogP contribution in [-0.2, 0) is 4.74 Å². The largest absolute Gasteiger partial charge is 0.378 e. The highest BCUT2D eigenvalue weighted by molar-refractivity contribution is 6.17. The molecular formula is C11H22ClNO. The molecule has 0 amide bonds. The third-order valence-electron chi connectivity index (χ3n) is 2.87. The Bertz CT molecular complexity index is 137. The molecule has 0 aromatic rings. The SMILES string of the molecule is CCC(CCCl)NCCC1CCCO1. The van der Waals surface area contributed by atoms with E-state index >= 15 is 0 Å². The van der Waals surface area contributed by atoms with Crippen LogP contribution in [0.25, 0.3) is 0 Å². The number of nitrogens with one attached hydrogen (secondary N) is 1. The summed E-state index contributed by atoms with van der Waals surface area (Å²) in [7, 11) is 0. The quantitative estimate of drug-likeness (QED) is 0.665. The maximum absolute atomic E-state index is 5.72. The topological polar surface area (TPSA) is 21.3 Å². The normalized spacial score (nSPS) is 24.0. The molecule has 0 radical (unpaired) electrons. The fraction of sp³-hybridized carbons (Fsp3) is 1.00. The highest BCUT2D eigenvalue weighted by Crippen LogP contribution is 2.14. The minimum Gasteiger partial charge on any atom is -0.378 e. The van der Waals surface area contributed by atoms with Crippen molar-refractivity contribution in [1.29, 1.82) is 0 Å². The third kappa shape index (κ3) is 4.63. The van der Waals surface area contributed by atoms with E-state index in [4.69, 9.17) is 16.3 Å². The summed E-state index contributed by atoms with van der Waals surface area (Å²) in [5, 5.41) is 3.53. The molecule has 1 heterocycles. The zero-order valence-corrected chi connectivity index (χ0v) is 9.85. The van der Waals surface area contributed by atoms with E-state index in [1.54, 1.807) is 0 Å². The molecule has 1 fully saturated rings. The number of halogens is 1.